The maximum absolute atomic E-state index is 13.2. The molecule has 0 unspecified atom stereocenters. The van der Waals surface area contributed by atoms with Crippen LogP contribution in [0.4, 0.5) is 30.5 Å². The normalized spacial score (nSPS) is 11.4. The highest BCUT2D eigenvalue weighted by molar-refractivity contribution is 6.05. The third kappa shape index (κ3) is 5.01. The van der Waals surface area contributed by atoms with Crippen molar-refractivity contribution in [2.75, 3.05) is 17.7 Å². The van der Waals surface area contributed by atoms with E-state index in [0.717, 1.165) is 28.8 Å². The molecule has 0 saturated carbocycles. The zero-order valence-electron chi connectivity index (χ0n) is 20.4. The third-order valence-electron chi connectivity index (χ3n) is 5.97. The highest BCUT2D eigenvalue weighted by Crippen LogP contribution is 2.35. The van der Waals surface area contributed by atoms with E-state index in [1.807, 2.05) is 43.3 Å². The number of rotatable bonds is 6. The molecule has 7 nitrogen and oxygen atoms in total. The number of anilines is 3. The van der Waals surface area contributed by atoms with Crippen molar-refractivity contribution in [2.45, 2.75) is 13.1 Å². The summed E-state index contributed by atoms with van der Waals surface area (Å²) in [6.45, 7) is 1.85. The molecule has 0 aliphatic rings. The Morgan fingerprint density at radius 2 is 1.74 bits per heavy atom. The van der Waals surface area contributed by atoms with Crippen LogP contribution in [-0.4, -0.2) is 28.0 Å². The predicted molar refractivity (Wildman–Crippen MR) is 140 cm³/mol. The Morgan fingerprint density at radius 3 is 2.47 bits per heavy atom. The smallest absolute Gasteiger partial charge is 0.416 e. The van der Waals surface area contributed by atoms with E-state index in [-0.39, 0.29) is 17.0 Å². The van der Waals surface area contributed by atoms with Crippen molar-refractivity contribution >= 4 is 34.3 Å². The number of hydrogen-bond donors (Lipinski definition) is 3. The van der Waals surface area contributed by atoms with E-state index in [1.165, 1.54) is 13.2 Å². The van der Waals surface area contributed by atoms with Crippen molar-refractivity contribution in [1.29, 1.82) is 0 Å². The predicted octanol–water partition coefficient (Wildman–Crippen LogP) is 6.96. The van der Waals surface area contributed by atoms with E-state index in [4.69, 9.17) is 9.72 Å². The molecule has 0 fully saturated rings. The number of carbonyl (C=O) groups is 1. The van der Waals surface area contributed by atoms with Gasteiger partial charge in [0.1, 0.15) is 5.75 Å². The average molecular weight is 518 g/mol. The van der Waals surface area contributed by atoms with Crippen LogP contribution in [0.25, 0.3) is 22.3 Å². The number of nitrogens with zero attached hydrogens (tertiary/aromatic N) is 2. The van der Waals surface area contributed by atoms with Gasteiger partial charge in [-0.25, -0.2) is 9.97 Å². The number of halogens is 3. The fourth-order valence-electron chi connectivity index (χ4n) is 4.00. The molecule has 5 rings (SSSR count). The van der Waals surface area contributed by atoms with Crippen LogP contribution in [0.5, 0.6) is 5.75 Å². The Morgan fingerprint density at radius 1 is 0.947 bits per heavy atom. The van der Waals surface area contributed by atoms with Gasteiger partial charge in [-0.3, -0.25) is 4.79 Å². The molecule has 5 aromatic rings. The van der Waals surface area contributed by atoms with Gasteiger partial charge in [-0.15, -0.1) is 0 Å². The molecule has 2 heterocycles. The molecule has 3 N–H and O–H groups in total. The highest BCUT2D eigenvalue weighted by atomic mass is 19.4. The summed E-state index contributed by atoms with van der Waals surface area (Å²) < 4.78 is 44.8. The first-order valence-corrected chi connectivity index (χ1v) is 11.6. The molecule has 3 aromatic carbocycles. The molecule has 0 spiro atoms. The first-order valence-electron chi connectivity index (χ1n) is 11.6. The Hall–Kier alpha value is -4.86. The fourth-order valence-corrected chi connectivity index (χ4v) is 4.00. The second kappa shape index (κ2) is 9.89. The Labute approximate surface area is 215 Å². The minimum Gasteiger partial charge on any atom is -0.495 e. The Kier molecular flexibility index (Phi) is 6.46. The van der Waals surface area contributed by atoms with Crippen molar-refractivity contribution in [3.05, 3.63) is 95.7 Å². The number of aromatic nitrogens is 3. The third-order valence-corrected chi connectivity index (χ3v) is 5.97. The SMILES string of the molecule is COc1ccc(C(F)(F)F)cc1NC(=O)c1ccc(C)c(Nc2nc(-c3ccccc3)c3[nH]ccc3n2)c1. The maximum Gasteiger partial charge on any atom is 0.416 e. The van der Waals surface area contributed by atoms with Gasteiger partial charge in [0, 0.05) is 23.0 Å². The van der Waals surface area contributed by atoms with Gasteiger partial charge < -0.3 is 20.4 Å². The van der Waals surface area contributed by atoms with E-state index >= 15 is 0 Å². The summed E-state index contributed by atoms with van der Waals surface area (Å²) in [6.07, 6.45) is -2.78. The van der Waals surface area contributed by atoms with Crippen molar-refractivity contribution < 1.29 is 22.7 Å². The van der Waals surface area contributed by atoms with E-state index in [9.17, 15) is 18.0 Å². The summed E-state index contributed by atoms with van der Waals surface area (Å²) in [5.74, 6) is -0.160. The van der Waals surface area contributed by atoms with Gasteiger partial charge in [0.15, 0.2) is 0 Å². The van der Waals surface area contributed by atoms with Crippen LogP contribution in [0.2, 0.25) is 0 Å². The van der Waals surface area contributed by atoms with Gasteiger partial charge >= 0.3 is 6.18 Å². The number of amides is 1. The van der Waals surface area contributed by atoms with Gasteiger partial charge in [-0.1, -0.05) is 36.4 Å². The lowest BCUT2D eigenvalue weighted by Gasteiger charge is -2.15. The van der Waals surface area contributed by atoms with Gasteiger partial charge in [0.25, 0.3) is 5.91 Å². The summed E-state index contributed by atoms with van der Waals surface area (Å²) in [6, 6.07) is 19.3. The van der Waals surface area contributed by atoms with Crippen LogP contribution in [0.3, 0.4) is 0 Å². The van der Waals surface area contributed by atoms with Crippen molar-refractivity contribution in [1.82, 2.24) is 15.0 Å². The van der Waals surface area contributed by atoms with Gasteiger partial charge in [-0.2, -0.15) is 13.2 Å². The number of hydrogen-bond acceptors (Lipinski definition) is 5. The number of alkyl halides is 3. The molecule has 192 valence electrons. The Balaban J connectivity index is 1.45. The number of ether oxygens (including phenoxy) is 1. The van der Waals surface area contributed by atoms with Gasteiger partial charge in [0.2, 0.25) is 5.95 Å². The van der Waals surface area contributed by atoms with Crippen molar-refractivity contribution in [3.8, 4) is 17.0 Å². The molecule has 1 amide bonds. The molecular formula is C28H22F3N5O2. The quantitative estimate of drug-likeness (QED) is 0.227. The molecule has 0 aliphatic heterocycles. The lowest BCUT2D eigenvalue weighted by Crippen LogP contribution is -2.14. The van der Waals surface area contributed by atoms with Crippen LogP contribution in [-0.2, 0) is 6.18 Å². The second-order valence-electron chi connectivity index (χ2n) is 8.52. The number of benzene rings is 3. The molecule has 0 atom stereocenters. The molecule has 10 heteroatoms. The van der Waals surface area contributed by atoms with E-state index in [1.54, 1.807) is 24.4 Å². The van der Waals surface area contributed by atoms with Gasteiger partial charge in [0.05, 0.1) is 35.1 Å². The maximum atomic E-state index is 13.2. The molecule has 38 heavy (non-hydrogen) atoms. The summed E-state index contributed by atoms with van der Waals surface area (Å²) in [4.78, 5) is 25.5. The molecule has 0 radical (unpaired) electrons. The fraction of sp³-hybridized carbons (Fsp3) is 0.107. The Bertz CT molecular complexity index is 1630. The highest BCUT2D eigenvalue weighted by Gasteiger charge is 2.31. The largest absolute Gasteiger partial charge is 0.495 e. The first kappa shape index (κ1) is 24.8. The number of H-pyrrole nitrogens is 1. The number of carbonyl (C=O) groups excluding carboxylic acids is 1. The lowest BCUT2D eigenvalue weighted by atomic mass is 10.1. The summed E-state index contributed by atoms with van der Waals surface area (Å²) >= 11 is 0. The van der Waals surface area contributed by atoms with Crippen LogP contribution >= 0.6 is 0 Å². The number of nitrogens with one attached hydrogen (secondary N) is 3. The molecule has 0 saturated heterocycles. The van der Waals surface area contributed by atoms with Gasteiger partial charge in [-0.05, 0) is 48.9 Å². The van der Waals surface area contributed by atoms with E-state index in [0.29, 0.717) is 22.8 Å². The molecular weight excluding hydrogens is 495 g/mol. The minimum atomic E-state index is -4.56. The van der Waals surface area contributed by atoms with Crippen LogP contribution in [0.1, 0.15) is 21.5 Å². The number of fused-ring (bicyclic) bond motifs is 1. The summed E-state index contributed by atoms with van der Waals surface area (Å²) in [5, 5.41) is 5.71. The number of aryl methyl sites for hydroxylation is 1. The van der Waals surface area contributed by atoms with Crippen LogP contribution in [0.15, 0.2) is 79.0 Å². The molecule has 0 aliphatic carbocycles. The van der Waals surface area contributed by atoms with Crippen molar-refractivity contribution in [2.24, 2.45) is 0 Å². The van der Waals surface area contributed by atoms with Crippen molar-refractivity contribution in [3.63, 3.8) is 0 Å². The number of aromatic amines is 1. The second-order valence-corrected chi connectivity index (χ2v) is 8.52. The summed E-state index contributed by atoms with van der Waals surface area (Å²) in [7, 11) is 1.32. The van der Waals surface area contributed by atoms with Crippen LogP contribution < -0.4 is 15.4 Å². The topological polar surface area (TPSA) is 91.9 Å². The zero-order chi connectivity index (χ0) is 26.9. The average Bonchev–Trinajstić information content (AvgIpc) is 3.38. The minimum absolute atomic E-state index is 0.0869. The molecule has 0 bridgehead atoms. The van der Waals surface area contributed by atoms with Crippen LogP contribution in [0, 0.1) is 6.92 Å². The number of methoxy groups -OCH3 is 1. The lowest BCUT2D eigenvalue weighted by molar-refractivity contribution is -0.137. The monoisotopic (exact) mass is 517 g/mol. The molecule has 2 aromatic heterocycles. The summed E-state index contributed by atoms with van der Waals surface area (Å²) in [5.41, 5.74) is 3.76. The first-order chi connectivity index (χ1) is 18.2. The zero-order valence-corrected chi connectivity index (χ0v) is 20.4. The standard InChI is InChI=1S/C28H22F3N5O2/c1-16-8-9-18(26(37)33-22-15-19(28(29,30)31)10-11-23(22)38-2)14-21(16)35-27-34-20-12-13-32-25(20)24(36-27)17-6-4-3-5-7-17/h3-15,32H,1-2H3,(H,33,37)(H,34,35,36). The van der Waals surface area contributed by atoms with E-state index in [2.05, 4.69) is 20.6 Å². The van der Waals surface area contributed by atoms with E-state index < -0.39 is 17.6 Å².